The molecule has 0 N–H and O–H groups in total. The van der Waals surface area contributed by atoms with Crippen LogP contribution < -0.4 is 0 Å². The summed E-state index contributed by atoms with van der Waals surface area (Å²) in [7, 11) is 3.41. The van der Waals surface area contributed by atoms with Crippen LogP contribution in [0.2, 0.25) is 0 Å². The summed E-state index contributed by atoms with van der Waals surface area (Å²) in [4.78, 5) is 13.7. The summed E-state index contributed by atoms with van der Waals surface area (Å²) >= 11 is 0. The Kier molecular flexibility index (Phi) is 5.70. The smallest absolute Gasteiger partial charge is 0.323 e. The third-order valence-corrected chi connectivity index (χ3v) is 2.84. The maximum atomic E-state index is 11.7. The van der Waals surface area contributed by atoms with Gasteiger partial charge in [-0.25, -0.2) is 0 Å². The Labute approximate surface area is 103 Å². The zero-order valence-electron chi connectivity index (χ0n) is 10.8. The van der Waals surface area contributed by atoms with Crippen LogP contribution in [0.4, 0.5) is 0 Å². The van der Waals surface area contributed by atoms with E-state index in [0.29, 0.717) is 0 Å². The van der Waals surface area contributed by atoms with Gasteiger partial charge in [0.1, 0.15) is 6.04 Å². The third kappa shape index (κ3) is 4.19. The van der Waals surface area contributed by atoms with Crippen molar-refractivity contribution in [2.45, 2.75) is 32.4 Å². The molecule has 1 rings (SSSR count). The number of methoxy groups -OCH3 is 1. The topological polar surface area (TPSA) is 29.5 Å². The predicted molar refractivity (Wildman–Crippen MR) is 68.6 cm³/mol. The van der Waals surface area contributed by atoms with Gasteiger partial charge in [0.25, 0.3) is 0 Å². The van der Waals surface area contributed by atoms with Crippen molar-refractivity contribution in [1.29, 1.82) is 0 Å². The fourth-order valence-electron chi connectivity index (χ4n) is 1.91. The Bertz CT molecular complexity index is 337. The quantitative estimate of drug-likeness (QED) is 0.709. The number of likely N-dealkylation sites (N-methyl/N-ethyl adjacent to an activating group) is 1. The summed E-state index contributed by atoms with van der Waals surface area (Å²) < 4.78 is 4.84. The Balaban J connectivity index is 2.65. The fraction of sp³-hybridized carbons (Fsp3) is 0.500. The number of esters is 1. The lowest BCUT2D eigenvalue weighted by Gasteiger charge is -2.25. The number of hydrogen-bond acceptors (Lipinski definition) is 3. The van der Waals surface area contributed by atoms with Crippen molar-refractivity contribution < 1.29 is 9.53 Å². The Morgan fingerprint density at radius 3 is 2.53 bits per heavy atom. The highest BCUT2D eigenvalue weighted by Gasteiger charge is 2.22. The molecule has 3 nitrogen and oxygen atoms in total. The molecule has 1 aromatic rings. The molecule has 0 amide bonds. The molecule has 0 aromatic heterocycles. The summed E-state index contributed by atoms with van der Waals surface area (Å²) in [5, 5.41) is 0. The number of nitrogens with zero attached hydrogens (tertiary/aromatic N) is 1. The SMILES string of the molecule is CCCC(C(=O)OC)N(C)Cc1ccccc1. The molecular formula is C14H21NO2. The molecule has 17 heavy (non-hydrogen) atoms. The van der Waals surface area contributed by atoms with Crippen LogP contribution in [-0.4, -0.2) is 31.1 Å². The van der Waals surface area contributed by atoms with Crippen LogP contribution in [0.5, 0.6) is 0 Å². The molecule has 3 heteroatoms. The number of ether oxygens (including phenoxy) is 1. The van der Waals surface area contributed by atoms with Crippen LogP contribution >= 0.6 is 0 Å². The first-order valence-corrected chi connectivity index (χ1v) is 6.01. The van der Waals surface area contributed by atoms with E-state index in [2.05, 4.69) is 19.1 Å². The van der Waals surface area contributed by atoms with Crippen molar-refractivity contribution >= 4 is 5.97 Å². The van der Waals surface area contributed by atoms with Gasteiger partial charge in [-0.2, -0.15) is 0 Å². The van der Waals surface area contributed by atoms with E-state index < -0.39 is 0 Å². The minimum atomic E-state index is -0.148. The van der Waals surface area contributed by atoms with Crippen molar-refractivity contribution in [1.82, 2.24) is 4.90 Å². The number of hydrogen-bond donors (Lipinski definition) is 0. The standard InChI is InChI=1S/C14H21NO2/c1-4-8-13(14(16)17-3)15(2)11-12-9-6-5-7-10-12/h5-7,9-10,13H,4,8,11H2,1-3H3. The van der Waals surface area contributed by atoms with Crippen LogP contribution in [0.25, 0.3) is 0 Å². The van der Waals surface area contributed by atoms with Gasteiger partial charge in [0, 0.05) is 6.54 Å². The van der Waals surface area contributed by atoms with E-state index in [0.717, 1.165) is 19.4 Å². The van der Waals surface area contributed by atoms with Crippen LogP contribution in [0.1, 0.15) is 25.3 Å². The van der Waals surface area contributed by atoms with E-state index >= 15 is 0 Å². The fourth-order valence-corrected chi connectivity index (χ4v) is 1.91. The Hall–Kier alpha value is -1.35. The van der Waals surface area contributed by atoms with Gasteiger partial charge < -0.3 is 4.74 Å². The van der Waals surface area contributed by atoms with E-state index in [1.165, 1.54) is 12.7 Å². The normalized spacial score (nSPS) is 12.5. The lowest BCUT2D eigenvalue weighted by molar-refractivity contribution is -0.147. The van der Waals surface area contributed by atoms with Gasteiger partial charge in [-0.05, 0) is 19.0 Å². The zero-order chi connectivity index (χ0) is 12.7. The molecule has 1 atom stereocenters. The zero-order valence-corrected chi connectivity index (χ0v) is 10.8. The molecule has 0 spiro atoms. The highest BCUT2D eigenvalue weighted by Crippen LogP contribution is 2.11. The van der Waals surface area contributed by atoms with E-state index in [9.17, 15) is 4.79 Å². The van der Waals surface area contributed by atoms with Crippen molar-refractivity contribution in [3.05, 3.63) is 35.9 Å². The Morgan fingerprint density at radius 2 is 2.00 bits per heavy atom. The molecule has 94 valence electrons. The van der Waals surface area contributed by atoms with Gasteiger partial charge in [-0.15, -0.1) is 0 Å². The van der Waals surface area contributed by atoms with Crippen LogP contribution in [-0.2, 0) is 16.1 Å². The maximum absolute atomic E-state index is 11.7. The van der Waals surface area contributed by atoms with Crippen molar-refractivity contribution in [3.63, 3.8) is 0 Å². The lowest BCUT2D eigenvalue weighted by Crippen LogP contribution is -2.38. The second-order valence-electron chi connectivity index (χ2n) is 4.23. The van der Waals surface area contributed by atoms with E-state index in [1.54, 1.807) is 0 Å². The molecule has 0 aliphatic heterocycles. The summed E-state index contributed by atoms with van der Waals surface area (Å²) in [6.45, 7) is 2.84. The molecule has 0 fully saturated rings. The molecular weight excluding hydrogens is 214 g/mol. The molecule has 1 unspecified atom stereocenters. The molecule has 0 aliphatic carbocycles. The van der Waals surface area contributed by atoms with Crippen LogP contribution in [0.3, 0.4) is 0 Å². The molecule has 0 saturated heterocycles. The largest absolute Gasteiger partial charge is 0.468 e. The predicted octanol–water partition coefficient (Wildman–Crippen LogP) is 2.46. The highest BCUT2D eigenvalue weighted by atomic mass is 16.5. The molecule has 1 aromatic carbocycles. The maximum Gasteiger partial charge on any atom is 0.323 e. The monoisotopic (exact) mass is 235 g/mol. The Morgan fingerprint density at radius 1 is 1.35 bits per heavy atom. The second-order valence-corrected chi connectivity index (χ2v) is 4.23. The van der Waals surface area contributed by atoms with Gasteiger partial charge in [0.2, 0.25) is 0 Å². The molecule has 0 aliphatic rings. The van der Waals surface area contributed by atoms with Crippen LogP contribution in [0.15, 0.2) is 30.3 Å². The van der Waals surface area contributed by atoms with Crippen LogP contribution in [0, 0.1) is 0 Å². The summed E-state index contributed by atoms with van der Waals surface area (Å²) in [5.74, 6) is -0.148. The number of carbonyl (C=O) groups excluding carboxylic acids is 1. The molecule has 0 saturated carbocycles. The van der Waals surface area contributed by atoms with Crippen molar-refractivity contribution in [2.24, 2.45) is 0 Å². The van der Waals surface area contributed by atoms with Gasteiger partial charge in [0.15, 0.2) is 0 Å². The van der Waals surface area contributed by atoms with Crippen molar-refractivity contribution in [3.8, 4) is 0 Å². The van der Waals surface area contributed by atoms with E-state index in [1.807, 2.05) is 30.1 Å². The first-order valence-electron chi connectivity index (χ1n) is 6.01. The number of benzene rings is 1. The molecule has 0 bridgehead atoms. The number of rotatable bonds is 6. The van der Waals surface area contributed by atoms with E-state index in [4.69, 9.17) is 4.74 Å². The lowest BCUT2D eigenvalue weighted by atomic mass is 10.1. The average molecular weight is 235 g/mol. The minimum Gasteiger partial charge on any atom is -0.468 e. The van der Waals surface area contributed by atoms with Crippen molar-refractivity contribution in [2.75, 3.05) is 14.2 Å². The second kappa shape index (κ2) is 7.07. The van der Waals surface area contributed by atoms with Gasteiger partial charge in [-0.1, -0.05) is 43.7 Å². The highest BCUT2D eigenvalue weighted by molar-refractivity contribution is 5.75. The first kappa shape index (κ1) is 13.7. The van der Waals surface area contributed by atoms with E-state index in [-0.39, 0.29) is 12.0 Å². The summed E-state index contributed by atoms with van der Waals surface area (Å²) in [6.07, 6.45) is 1.80. The first-order chi connectivity index (χ1) is 8.19. The van der Waals surface area contributed by atoms with Gasteiger partial charge in [-0.3, -0.25) is 9.69 Å². The minimum absolute atomic E-state index is 0.148. The summed E-state index contributed by atoms with van der Waals surface area (Å²) in [6, 6.07) is 10.00. The van der Waals surface area contributed by atoms with Gasteiger partial charge in [0.05, 0.1) is 7.11 Å². The molecule has 0 radical (unpaired) electrons. The average Bonchev–Trinajstić information content (AvgIpc) is 2.36. The number of carbonyl (C=O) groups is 1. The summed E-state index contributed by atoms with van der Waals surface area (Å²) in [5.41, 5.74) is 1.21. The third-order valence-electron chi connectivity index (χ3n) is 2.84. The molecule has 0 heterocycles. The van der Waals surface area contributed by atoms with Gasteiger partial charge >= 0.3 is 5.97 Å².